The summed E-state index contributed by atoms with van der Waals surface area (Å²) in [6.07, 6.45) is -7.26. The first kappa shape index (κ1) is 41.0. The minimum atomic E-state index is -4.92. The summed E-state index contributed by atoms with van der Waals surface area (Å²) in [4.78, 5) is 45.7. The molecule has 300 valence electrons. The minimum Gasteiger partial charge on any atom is -0.481 e. The molecule has 2 atom stereocenters. The Morgan fingerprint density at radius 2 is 1.73 bits per heavy atom. The number of carbonyl (C=O) groups excluding carboxylic acids is 2. The van der Waals surface area contributed by atoms with Gasteiger partial charge in [0.2, 0.25) is 5.60 Å². The van der Waals surface area contributed by atoms with Gasteiger partial charge in [-0.05, 0) is 61.8 Å². The molecule has 3 fully saturated rings. The zero-order chi connectivity index (χ0) is 40.5. The largest absolute Gasteiger partial charge is 0.481 e. The number of benzene rings is 1. The van der Waals surface area contributed by atoms with Crippen molar-refractivity contribution in [2.45, 2.75) is 100 Å². The van der Waals surface area contributed by atoms with Crippen LogP contribution in [0.5, 0.6) is 5.75 Å². The zero-order valence-electron chi connectivity index (χ0n) is 30.4. The molecule has 6 rings (SSSR count). The second-order valence-electron chi connectivity index (χ2n) is 14.5. The topological polar surface area (TPSA) is 133 Å². The van der Waals surface area contributed by atoms with Crippen molar-refractivity contribution in [3.8, 4) is 11.8 Å². The van der Waals surface area contributed by atoms with Crippen LogP contribution >= 0.6 is 11.3 Å². The minimum absolute atomic E-state index is 0.0261. The van der Waals surface area contributed by atoms with E-state index in [1.54, 1.807) is 19.1 Å². The molecule has 2 aliphatic heterocycles. The Morgan fingerprint density at radius 3 is 2.36 bits per heavy atom. The third kappa shape index (κ3) is 8.08. The van der Waals surface area contributed by atoms with E-state index in [9.17, 15) is 51.1 Å². The van der Waals surface area contributed by atoms with E-state index in [2.05, 4.69) is 11.1 Å². The number of nitrogens with zero attached hydrogens (tertiary/aromatic N) is 4. The number of hydrogen-bond acceptors (Lipinski definition) is 8. The molecular formula is C39H40F6N4O6S. The molecule has 3 aromatic rings. The average Bonchev–Trinajstić information content (AvgIpc) is 3.63. The fourth-order valence-corrected chi connectivity index (χ4v) is 8.78. The maximum Gasteiger partial charge on any atom is 0.425 e. The summed E-state index contributed by atoms with van der Waals surface area (Å²) in [5, 5.41) is 21.0. The summed E-state index contributed by atoms with van der Waals surface area (Å²) in [6.45, 7) is 1.89. The van der Waals surface area contributed by atoms with Crippen LogP contribution in [0.2, 0.25) is 0 Å². The smallest absolute Gasteiger partial charge is 0.425 e. The van der Waals surface area contributed by atoms with Gasteiger partial charge in [-0.25, -0.2) is 0 Å². The molecule has 3 aliphatic rings. The number of likely N-dealkylation sites (tertiary alicyclic amines) is 2. The van der Waals surface area contributed by atoms with Gasteiger partial charge in [-0.3, -0.25) is 19.4 Å². The van der Waals surface area contributed by atoms with Gasteiger partial charge in [-0.2, -0.15) is 31.6 Å². The monoisotopic (exact) mass is 806 g/mol. The number of aromatic nitrogens is 1. The highest BCUT2D eigenvalue weighted by molar-refractivity contribution is 7.10. The van der Waals surface area contributed by atoms with Gasteiger partial charge in [0, 0.05) is 43.7 Å². The Labute approximate surface area is 323 Å². The average molecular weight is 807 g/mol. The second-order valence-corrected chi connectivity index (χ2v) is 15.4. The summed E-state index contributed by atoms with van der Waals surface area (Å²) in [5.41, 5.74) is -3.74. The predicted octanol–water partition coefficient (Wildman–Crippen LogP) is 7.87. The maximum atomic E-state index is 15.0. The Morgan fingerprint density at radius 1 is 1.02 bits per heavy atom. The SMILES string of the molecule is CCC[C@H]1N(C(=O)c2ncccc2C(F)(F)F)CCC[C@@]1(Oc1csc(C(F)(F)F)c1)C(=O)N1CCC(C#N)(c2ccccc2CO[C@H]2C[C@H](C(=O)O)C2)CC1. The lowest BCUT2D eigenvalue weighted by atomic mass is 9.71. The highest BCUT2D eigenvalue weighted by Crippen LogP contribution is 2.44. The molecule has 17 heteroatoms. The highest BCUT2D eigenvalue weighted by Gasteiger charge is 2.57. The molecule has 2 amide bonds. The number of hydrogen-bond donors (Lipinski definition) is 1. The van der Waals surface area contributed by atoms with Crippen LogP contribution in [0.15, 0.2) is 54.0 Å². The van der Waals surface area contributed by atoms with Crippen LogP contribution in [-0.2, 0) is 38.7 Å². The van der Waals surface area contributed by atoms with Crippen molar-refractivity contribution in [2.75, 3.05) is 19.6 Å². The molecule has 1 saturated carbocycles. The number of carboxylic acid groups (broad SMARTS) is 1. The van der Waals surface area contributed by atoms with Crippen molar-refractivity contribution in [2.24, 2.45) is 5.92 Å². The number of alkyl halides is 6. The van der Waals surface area contributed by atoms with Gasteiger partial charge in [0.1, 0.15) is 16.3 Å². The maximum absolute atomic E-state index is 15.0. The lowest BCUT2D eigenvalue weighted by Crippen LogP contribution is -2.68. The van der Waals surface area contributed by atoms with Crippen molar-refractivity contribution in [1.82, 2.24) is 14.8 Å². The third-order valence-corrected chi connectivity index (χ3v) is 12.0. The van der Waals surface area contributed by atoms with Crippen LogP contribution in [0.3, 0.4) is 0 Å². The number of piperidine rings is 2. The van der Waals surface area contributed by atoms with Crippen molar-refractivity contribution in [1.29, 1.82) is 5.26 Å². The first-order chi connectivity index (χ1) is 26.5. The fourth-order valence-electron chi connectivity index (χ4n) is 8.10. The third-order valence-electron chi connectivity index (χ3n) is 11.1. The normalized spacial score (nSPS) is 23.9. The number of halogens is 6. The first-order valence-corrected chi connectivity index (χ1v) is 19.2. The number of rotatable bonds is 11. The molecule has 0 radical (unpaired) electrons. The van der Waals surface area contributed by atoms with Crippen LogP contribution in [0.1, 0.15) is 90.3 Å². The Kier molecular flexibility index (Phi) is 11.7. The van der Waals surface area contributed by atoms with Gasteiger partial charge in [0.25, 0.3) is 11.8 Å². The molecular weight excluding hydrogens is 767 g/mol. The number of nitriles is 1. The van der Waals surface area contributed by atoms with Crippen LogP contribution in [0.4, 0.5) is 26.3 Å². The number of ether oxygens (including phenoxy) is 2. The quantitative estimate of drug-likeness (QED) is 0.194. The molecule has 2 saturated heterocycles. The predicted molar refractivity (Wildman–Crippen MR) is 189 cm³/mol. The van der Waals surface area contributed by atoms with Crippen molar-refractivity contribution < 1.29 is 55.3 Å². The standard InChI is InChI=1S/C39H40F6N4O6S/c1-2-7-30-37(55-27-20-31(56-22-27)39(43,44)45,11-6-15-49(30)33(50)32-29(38(40,41)42)10-5-14-47-32)35(53)48-16-12-36(23-46,13-17-48)28-9-4-3-8-24(28)21-54-26-18-25(19-26)34(51)52/h3-5,8-10,14,20,22,25-26,30H,2,6-7,11-13,15-19,21H2,1H3,(H,51,52)/t25-,26-,30-,37+/m1/s1. The van der Waals surface area contributed by atoms with E-state index < -0.39 is 69.2 Å². The molecule has 56 heavy (non-hydrogen) atoms. The van der Waals surface area contributed by atoms with E-state index in [1.165, 1.54) is 4.90 Å². The number of carbonyl (C=O) groups is 3. The summed E-state index contributed by atoms with van der Waals surface area (Å²) < 4.78 is 95.7. The van der Waals surface area contributed by atoms with Gasteiger partial charge in [-0.1, -0.05) is 37.6 Å². The Balaban J connectivity index is 1.31. The second kappa shape index (κ2) is 16.0. The first-order valence-electron chi connectivity index (χ1n) is 18.3. The summed E-state index contributed by atoms with van der Waals surface area (Å²) in [7, 11) is 0. The summed E-state index contributed by atoms with van der Waals surface area (Å²) >= 11 is 0.365. The number of pyridine rings is 1. The Hall–Kier alpha value is -4.69. The molecule has 1 aliphatic carbocycles. The number of thiophene rings is 1. The molecule has 0 bridgehead atoms. The lowest BCUT2D eigenvalue weighted by Gasteiger charge is -2.51. The molecule has 4 heterocycles. The van der Waals surface area contributed by atoms with Gasteiger partial charge >= 0.3 is 18.3 Å². The van der Waals surface area contributed by atoms with Gasteiger partial charge in [-0.15, -0.1) is 11.3 Å². The molecule has 0 spiro atoms. The Bertz CT molecular complexity index is 1970. The lowest BCUT2D eigenvalue weighted by molar-refractivity contribution is -0.160. The van der Waals surface area contributed by atoms with Gasteiger partial charge in [0.15, 0.2) is 0 Å². The molecule has 2 aromatic heterocycles. The highest BCUT2D eigenvalue weighted by atomic mass is 32.1. The summed E-state index contributed by atoms with van der Waals surface area (Å²) in [6, 6.07) is 11.0. The van der Waals surface area contributed by atoms with Crippen LogP contribution in [-0.4, -0.2) is 75.1 Å². The zero-order valence-corrected chi connectivity index (χ0v) is 31.2. The van der Waals surface area contributed by atoms with E-state index in [0.29, 0.717) is 36.2 Å². The van der Waals surface area contributed by atoms with Crippen molar-refractivity contribution in [3.05, 3.63) is 81.3 Å². The van der Waals surface area contributed by atoms with E-state index in [-0.39, 0.29) is 70.2 Å². The fraction of sp³-hybridized carbons (Fsp3) is 0.513. The van der Waals surface area contributed by atoms with E-state index >= 15 is 0 Å². The number of aliphatic carboxylic acids is 1. The molecule has 10 nitrogen and oxygen atoms in total. The van der Waals surface area contributed by atoms with Crippen molar-refractivity contribution >= 4 is 29.1 Å². The van der Waals surface area contributed by atoms with E-state index in [1.807, 2.05) is 12.1 Å². The molecule has 1 N–H and O–H groups in total. The number of amides is 2. The molecule has 0 unspecified atom stereocenters. The summed E-state index contributed by atoms with van der Waals surface area (Å²) in [5.74, 6) is -3.33. The van der Waals surface area contributed by atoms with Crippen LogP contribution in [0.25, 0.3) is 0 Å². The van der Waals surface area contributed by atoms with Gasteiger partial charge in [0.05, 0.1) is 41.7 Å². The molecule has 1 aromatic carbocycles. The van der Waals surface area contributed by atoms with Crippen LogP contribution < -0.4 is 4.74 Å². The van der Waals surface area contributed by atoms with Crippen LogP contribution in [0, 0.1) is 17.2 Å². The van der Waals surface area contributed by atoms with Gasteiger partial charge < -0.3 is 24.4 Å². The van der Waals surface area contributed by atoms with E-state index in [4.69, 9.17) is 9.47 Å². The van der Waals surface area contributed by atoms with E-state index in [0.717, 1.165) is 40.2 Å². The van der Waals surface area contributed by atoms with Crippen molar-refractivity contribution in [3.63, 3.8) is 0 Å². The number of carboxylic acids is 1.